The van der Waals surface area contributed by atoms with Crippen LogP contribution < -0.4 is 15.0 Å². The fraction of sp³-hybridized carbons (Fsp3) is 0.167. The van der Waals surface area contributed by atoms with Crippen molar-refractivity contribution in [1.29, 1.82) is 0 Å². The van der Waals surface area contributed by atoms with Crippen LogP contribution in [0.4, 0.5) is 4.39 Å². The maximum Gasteiger partial charge on any atom is 0.269 e. The number of rotatable bonds is 6. The second kappa shape index (κ2) is 7.63. The van der Waals surface area contributed by atoms with Crippen LogP contribution in [-0.4, -0.2) is 20.9 Å². The van der Waals surface area contributed by atoms with Gasteiger partial charge in [0.1, 0.15) is 15.8 Å². The zero-order valence-corrected chi connectivity index (χ0v) is 16.2. The van der Waals surface area contributed by atoms with Crippen LogP contribution in [0.25, 0.3) is 10.1 Å². The molecule has 0 atom stereocenters. The molecule has 142 valence electrons. The molecule has 0 aliphatic rings. The molecule has 3 aromatic rings. The minimum absolute atomic E-state index is 0.0451. The molecule has 0 aliphatic heterocycles. The van der Waals surface area contributed by atoms with Crippen LogP contribution in [0.3, 0.4) is 0 Å². The molecule has 0 aliphatic carbocycles. The number of carbonyl (C=O) groups excluding carboxylic acids is 1. The van der Waals surface area contributed by atoms with Gasteiger partial charge in [0.25, 0.3) is 15.9 Å². The van der Waals surface area contributed by atoms with E-state index in [0.717, 1.165) is 21.4 Å². The fourth-order valence-corrected chi connectivity index (χ4v) is 4.71. The monoisotopic (exact) mass is 408 g/mol. The summed E-state index contributed by atoms with van der Waals surface area (Å²) in [5, 5.41) is 0.778. The maximum atomic E-state index is 14.3. The highest BCUT2D eigenvalue weighted by atomic mass is 32.2. The summed E-state index contributed by atoms with van der Waals surface area (Å²) in [4.78, 5) is 14.3. The molecule has 1 heterocycles. The standard InChI is InChI=1S/C18H17FN2O4S2/c1-3-25-13-8-11(2)17(19)14(10-13)18(22)20-21-27(23,24)16-9-12-6-4-5-7-15(12)26-16/h4-10,21H,3H2,1-2H3,(H,20,22). The lowest BCUT2D eigenvalue weighted by molar-refractivity contribution is 0.0940. The highest BCUT2D eigenvalue weighted by Gasteiger charge is 2.21. The summed E-state index contributed by atoms with van der Waals surface area (Å²) in [6.45, 7) is 3.61. The highest BCUT2D eigenvalue weighted by molar-refractivity contribution is 7.91. The summed E-state index contributed by atoms with van der Waals surface area (Å²) in [6.07, 6.45) is 0. The van der Waals surface area contributed by atoms with Gasteiger partial charge in [-0.05, 0) is 49.1 Å². The number of hydrogen-bond donors (Lipinski definition) is 2. The number of sulfonamides is 1. The summed E-state index contributed by atoms with van der Waals surface area (Å²) < 4.78 is 45.3. The van der Waals surface area contributed by atoms with Crippen LogP contribution in [0, 0.1) is 12.7 Å². The molecule has 27 heavy (non-hydrogen) atoms. The average Bonchev–Trinajstić information content (AvgIpc) is 3.08. The molecular weight excluding hydrogens is 391 g/mol. The van der Waals surface area contributed by atoms with Crippen LogP contribution in [0.1, 0.15) is 22.8 Å². The molecule has 1 amide bonds. The molecule has 0 fully saturated rings. The van der Waals surface area contributed by atoms with Crippen molar-refractivity contribution in [1.82, 2.24) is 10.3 Å². The third-order valence-corrected chi connectivity index (χ3v) is 6.59. The maximum absolute atomic E-state index is 14.3. The van der Waals surface area contributed by atoms with Gasteiger partial charge in [-0.15, -0.1) is 16.2 Å². The predicted octanol–water partition coefficient (Wildman–Crippen LogP) is 3.37. The highest BCUT2D eigenvalue weighted by Crippen LogP contribution is 2.28. The first-order chi connectivity index (χ1) is 12.8. The molecule has 0 saturated heterocycles. The Bertz CT molecular complexity index is 1080. The lowest BCUT2D eigenvalue weighted by Crippen LogP contribution is -2.41. The molecule has 9 heteroatoms. The number of ether oxygens (including phenoxy) is 1. The number of amides is 1. The summed E-state index contributed by atoms with van der Waals surface area (Å²) in [5.74, 6) is -1.33. The molecule has 1 aromatic heterocycles. The quantitative estimate of drug-likeness (QED) is 0.613. The van der Waals surface area contributed by atoms with Crippen molar-refractivity contribution in [2.24, 2.45) is 0 Å². The molecule has 0 saturated carbocycles. The Morgan fingerprint density at radius 1 is 1.22 bits per heavy atom. The van der Waals surface area contributed by atoms with E-state index >= 15 is 0 Å². The number of benzene rings is 2. The second-order valence-electron chi connectivity index (χ2n) is 5.70. The smallest absolute Gasteiger partial charge is 0.269 e. The number of hydrogen-bond acceptors (Lipinski definition) is 5. The van der Waals surface area contributed by atoms with E-state index in [2.05, 4.69) is 5.43 Å². The molecule has 0 unspecified atom stereocenters. The van der Waals surface area contributed by atoms with Gasteiger partial charge in [-0.1, -0.05) is 18.2 Å². The zero-order chi connectivity index (χ0) is 19.6. The fourth-order valence-electron chi connectivity index (χ4n) is 2.47. The minimum atomic E-state index is -3.99. The van der Waals surface area contributed by atoms with Crippen molar-refractivity contribution >= 4 is 37.4 Å². The summed E-state index contributed by atoms with van der Waals surface area (Å²) >= 11 is 1.07. The minimum Gasteiger partial charge on any atom is -0.494 e. The van der Waals surface area contributed by atoms with E-state index in [0.29, 0.717) is 12.4 Å². The molecule has 2 aromatic carbocycles. The van der Waals surface area contributed by atoms with E-state index in [4.69, 9.17) is 4.74 Å². The number of nitrogens with one attached hydrogen (secondary N) is 2. The van der Waals surface area contributed by atoms with E-state index in [1.54, 1.807) is 31.2 Å². The molecule has 0 spiro atoms. The van der Waals surface area contributed by atoms with Crippen molar-refractivity contribution in [3.05, 3.63) is 59.4 Å². The number of thiophene rings is 1. The van der Waals surface area contributed by atoms with Gasteiger partial charge in [-0.25, -0.2) is 12.8 Å². The van der Waals surface area contributed by atoms with Crippen LogP contribution in [0.15, 0.2) is 46.7 Å². The lowest BCUT2D eigenvalue weighted by Gasteiger charge is -2.11. The van der Waals surface area contributed by atoms with E-state index in [1.807, 2.05) is 4.83 Å². The third-order valence-electron chi connectivity index (χ3n) is 3.75. The van der Waals surface area contributed by atoms with Crippen molar-refractivity contribution < 1.29 is 22.3 Å². The van der Waals surface area contributed by atoms with Crippen molar-refractivity contribution in [3.8, 4) is 5.75 Å². The zero-order valence-electron chi connectivity index (χ0n) is 14.6. The predicted molar refractivity (Wildman–Crippen MR) is 102 cm³/mol. The van der Waals surface area contributed by atoms with E-state index in [1.165, 1.54) is 25.1 Å². The van der Waals surface area contributed by atoms with Crippen LogP contribution >= 0.6 is 11.3 Å². The van der Waals surface area contributed by atoms with Gasteiger partial charge < -0.3 is 4.74 Å². The summed E-state index contributed by atoms with van der Waals surface area (Å²) in [7, 11) is -3.99. The molecule has 2 N–H and O–H groups in total. The van der Waals surface area contributed by atoms with E-state index in [9.17, 15) is 17.6 Å². The topological polar surface area (TPSA) is 84.5 Å². The first-order valence-electron chi connectivity index (χ1n) is 8.05. The largest absolute Gasteiger partial charge is 0.494 e. The Morgan fingerprint density at radius 2 is 1.96 bits per heavy atom. The first-order valence-corrected chi connectivity index (χ1v) is 10.4. The molecule has 0 radical (unpaired) electrons. The van der Waals surface area contributed by atoms with Crippen LogP contribution in [0.2, 0.25) is 0 Å². The number of fused-ring (bicyclic) bond motifs is 1. The molecule has 3 rings (SSSR count). The van der Waals surface area contributed by atoms with Gasteiger partial charge in [0.15, 0.2) is 0 Å². The number of carbonyl (C=O) groups is 1. The van der Waals surface area contributed by atoms with Crippen molar-refractivity contribution in [2.75, 3.05) is 6.61 Å². The Morgan fingerprint density at radius 3 is 2.67 bits per heavy atom. The average molecular weight is 408 g/mol. The molecule has 0 bridgehead atoms. The van der Waals surface area contributed by atoms with Gasteiger partial charge in [-0.3, -0.25) is 10.2 Å². The Hall–Kier alpha value is -2.49. The molecular formula is C18H17FN2O4S2. The van der Waals surface area contributed by atoms with E-state index in [-0.39, 0.29) is 15.3 Å². The number of hydrazine groups is 1. The van der Waals surface area contributed by atoms with Gasteiger partial charge in [0.2, 0.25) is 0 Å². The van der Waals surface area contributed by atoms with Gasteiger partial charge in [0.05, 0.1) is 12.2 Å². The third kappa shape index (κ3) is 4.10. The van der Waals surface area contributed by atoms with Gasteiger partial charge >= 0.3 is 0 Å². The number of halogens is 1. The Kier molecular flexibility index (Phi) is 5.45. The SMILES string of the molecule is CCOc1cc(C)c(F)c(C(=O)NNS(=O)(=O)c2cc3ccccc3s2)c1. The second-order valence-corrected chi connectivity index (χ2v) is 8.69. The van der Waals surface area contributed by atoms with Crippen molar-refractivity contribution in [2.45, 2.75) is 18.1 Å². The van der Waals surface area contributed by atoms with E-state index < -0.39 is 21.7 Å². The summed E-state index contributed by atoms with van der Waals surface area (Å²) in [5.41, 5.74) is 1.97. The summed E-state index contributed by atoms with van der Waals surface area (Å²) in [6, 6.07) is 11.4. The normalized spacial score (nSPS) is 11.5. The first kappa shape index (κ1) is 19.3. The Labute approximate surface area is 160 Å². The van der Waals surface area contributed by atoms with Gasteiger partial charge in [0, 0.05) is 4.70 Å². The van der Waals surface area contributed by atoms with Crippen LogP contribution in [0.5, 0.6) is 5.75 Å². The number of aryl methyl sites for hydroxylation is 1. The van der Waals surface area contributed by atoms with Gasteiger partial charge in [-0.2, -0.15) is 0 Å². The van der Waals surface area contributed by atoms with Crippen molar-refractivity contribution in [3.63, 3.8) is 0 Å². The van der Waals surface area contributed by atoms with Crippen LogP contribution in [-0.2, 0) is 10.0 Å². The lowest BCUT2D eigenvalue weighted by atomic mass is 10.1. The molecule has 6 nitrogen and oxygen atoms in total. The Balaban J connectivity index is 1.80.